The summed E-state index contributed by atoms with van der Waals surface area (Å²) >= 11 is 1.74. The predicted octanol–water partition coefficient (Wildman–Crippen LogP) is 5.69. The number of hydrogen-bond acceptors (Lipinski definition) is 6. The highest BCUT2D eigenvalue weighted by Crippen LogP contribution is 2.45. The number of thiophene rings is 1. The molecule has 0 bridgehead atoms. The van der Waals surface area contributed by atoms with Gasteiger partial charge in [0, 0.05) is 16.7 Å². The number of aromatic nitrogens is 2. The number of carbonyl (C=O) groups is 2. The first-order chi connectivity index (χ1) is 15.0. The van der Waals surface area contributed by atoms with Gasteiger partial charge >= 0.3 is 6.16 Å². The van der Waals surface area contributed by atoms with Crippen LogP contribution >= 0.6 is 11.3 Å². The summed E-state index contributed by atoms with van der Waals surface area (Å²) in [4.78, 5) is 27.5. The van der Waals surface area contributed by atoms with Gasteiger partial charge in [-0.1, -0.05) is 30.8 Å². The van der Waals surface area contributed by atoms with Crippen LogP contribution in [-0.4, -0.2) is 32.4 Å². The van der Waals surface area contributed by atoms with Crippen LogP contribution in [0.25, 0.3) is 11.5 Å². The molecule has 2 fully saturated rings. The highest BCUT2D eigenvalue weighted by atomic mass is 32.1. The summed E-state index contributed by atoms with van der Waals surface area (Å²) in [5.74, 6) is 2.24. The number of rotatable bonds is 4. The highest BCUT2D eigenvalue weighted by molar-refractivity contribution is 7.17. The first-order valence-corrected chi connectivity index (χ1v) is 12.1. The second kappa shape index (κ2) is 9.80. The molecule has 31 heavy (non-hydrogen) atoms. The number of amides is 1. The topological polar surface area (TPSA) is 126 Å². The summed E-state index contributed by atoms with van der Waals surface area (Å²) in [6.45, 7) is 0. The van der Waals surface area contributed by atoms with Gasteiger partial charge in [-0.2, -0.15) is 4.98 Å². The van der Waals surface area contributed by atoms with Crippen molar-refractivity contribution >= 4 is 28.4 Å². The monoisotopic (exact) mass is 447 g/mol. The zero-order valence-corrected chi connectivity index (χ0v) is 18.4. The molecule has 0 unspecified atom stereocenters. The van der Waals surface area contributed by atoms with E-state index in [9.17, 15) is 4.79 Å². The van der Waals surface area contributed by atoms with Crippen LogP contribution < -0.4 is 5.32 Å². The van der Waals surface area contributed by atoms with Crippen LogP contribution in [0, 0.1) is 5.92 Å². The third kappa shape index (κ3) is 5.44. The van der Waals surface area contributed by atoms with E-state index in [0.717, 1.165) is 54.9 Å². The van der Waals surface area contributed by atoms with E-state index in [4.69, 9.17) is 24.5 Å². The van der Waals surface area contributed by atoms with Crippen LogP contribution in [-0.2, 0) is 17.6 Å². The Labute approximate surface area is 185 Å². The molecule has 9 heteroatoms. The Kier molecular flexibility index (Phi) is 6.89. The fourth-order valence-corrected chi connectivity index (χ4v) is 5.76. The van der Waals surface area contributed by atoms with Crippen LogP contribution in [0.3, 0.4) is 0 Å². The van der Waals surface area contributed by atoms with E-state index >= 15 is 0 Å². The largest absolute Gasteiger partial charge is 0.503 e. The molecular weight excluding hydrogens is 418 g/mol. The van der Waals surface area contributed by atoms with Gasteiger partial charge in [-0.15, -0.1) is 11.3 Å². The van der Waals surface area contributed by atoms with Gasteiger partial charge in [0.15, 0.2) is 5.82 Å². The Morgan fingerprint density at radius 3 is 2.35 bits per heavy atom. The molecule has 1 amide bonds. The summed E-state index contributed by atoms with van der Waals surface area (Å²) < 4.78 is 5.68. The predicted molar refractivity (Wildman–Crippen MR) is 117 cm³/mol. The molecule has 0 aliphatic heterocycles. The number of fused-ring (bicyclic) bond motifs is 1. The van der Waals surface area contributed by atoms with Gasteiger partial charge in [0.2, 0.25) is 5.91 Å². The zero-order chi connectivity index (χ0) is 21.8. The number of carbonyl (C=O) groups excluding carboxylic acids is 1. The first kappa shape index (κ1) is 21.8. The minimum atomic E-state index is -1.83. The second-order valence-corrected chi connectivity index (χ2v) is 9.71. The maximum Gasteiger partial charge on any atom is 0.503 e. The lowest BCUT2D eigenvalue weighted by molar-refractivity contribution is -0.120. The molecule has 2 aromatic heterocycles. The molecule has 2 saturated carbocycles. The van der Waals surface area contributed by atoms with E-state index < -0.39 is 6.16 Å². The Morgan fingerprint density at radius 1 is 0.968 bits per heavy atom. The Hall–Kier alpha value is -2.42. The van der Waals surface area contributed by atoms with Crippen LogP contribution in [0.1, 0.15) is 86.4 Å². The summed E-state index contributed by atoms with van der Waals surface area (Å²) in [7, 11) is 0. The number of carboxylic acid groups (broad SMARTS) is 2. The normalized spacial score (nSPS) is 19.0. The van der Waals surface area contributed by atoms with E-state index in [1.165, 1.54) is 49.0 Å². The number of hydrogen-bond donors (Lipinski definition) is 3. The van der Waals surface area contributed by atoms with E-state index in [1.807, 2.05) is 0 Å². The molecule has 0 atom stereocenters. The van der Waals surface area contributed by atoms with Crippen molar-refractivity contribution in [3.05, 3.63) is 16.3 Å². The van der Waals surface area contributed by atoms with Gasteiger partial charge in [-0.05, 0) is 56.9 Å². The second-order valence-electron chi connectivity index (χ2n) is 8.61. The molecular formula is C22H29N3O5S. The first-order valence-electron chi connectivity index (χ1n) is 11.2. The minimum Gasteiger partial charge on any atom is -0.450 e. The van der Waals surface area contributed by atoms with Gasteiger partial charge < -0.3 is 20.1 Å². The van der Waals surface area contributed by atoms with Crippen molar-refractivity contribution in [3.8, 4) is 11.5 Å². The number of anilines is 1. The maximum absolute atomic E-state index is 12.9. The van der Waals surface area contributed by atoms with Crippen molar-refractivity contribution in [1.82, 2.24) is 10.1 Å². The number of nitrogens with zero attached hydrogens (tertiary/aromatic N) is 2. The highest BCUT2D eigenvalue weighted by Gasteiger charge is 2.32. The fourth-order valence-electron chi connectivity index (χ4n) is 4.48. The molecule has 2 heterocycles. The third-order valence-electron chi connectivity index (χ3n) is 6.23. The lowest BCUT2D eigenvalue weighted by atomic mass is 9.88. The van der Waals surface area contributed by atoms with Crippen LogP contribution in [0.2, 0.25) is 0 Å². The summed E-state index contributed by atoms with van der Waals surface area (Å²) in [6.07, 6.45) is 11.9. The smallest absolute Gasteiger partial charge is 0.450 e. The molecule has 0 spiro atoms. The molecule has 3 aliphatic rings. The molecule has 168 valence electrons. The summed E-state index contributed by atoms with van der Waals surface area (Å²) in [5.41, 5.74) is 2.35. The minimum absolute atomic E-state index is 0.151. The van der Waals surface area contributed by atoms with E-state index in [0.29, 0.717) is 11.8 Å². The van der Waals surface area contributed by atoms with Crippen molar-refractivity contribution in [3.63, 3.8) is 0 Å². The molecule has 8 nitrogen and oxygen atoms in total. The van der Waals surface area contributed by atoms with Crippen molar-refractivity contribution in [2.24, 2.45) is 5.92 Å². The van der Waals surface area contributed by atoms with E-state index in [-0.39, 0.29) is 11.8 Å². The lowest BCUT2D eigenvalue weighted by Gasteiger charge is -2.20. The van der Waals surface area contributed by atoms with Crippen LogP contribution in [0.5, 0.6) is 0 Å². The maximum atomic E-state index is 12.9. The van der Waals surface area contributed by atoms with Crippen molar-refractivity contribution in [2.75, 3.05) is 5.32 Å². The molecule has 3 aliphatic carbocycles. The van der Waals surface area contributed by atoms with E-state index in [1.54, 1.807) is 11.3 Å². The molecule has 2 aromatic rings. The average Bonchev–Trinajstić information content (AvgIpc) is 3.45. The van der Waals surface area contributed by atoms with E-state index in [2.05, 4.69) is 10.5 Å². The van der Waals surface area contributed by atoms with Gasteiger partial charge in [0.1, 0.15) is 5.00 Å². The SMILES string of the molecule is O=C(Nc1sc2c(c1-c1nc(C3CC3)no1)CCCCC2)C1CCCCC1.O=C(O)O. The third-order valence-corrected chi connectivity index (χ3v) is 7.44. The summed E-state index contributed by atoms with van der Waals surface area (Å²) in [5, 5.41) is 22.4. The average molecular weight is 448 g/mol. The fraction of sp³-hybridized carbons (Fsp3) is 0.636. The molecule has 0 saturated heterocycles. The van der Waals surface area contributed by atoms with Gasteiger partial charge in [-0.25, -0.2) is 4.79 Å². The molecule has 0 aromatic carbocycles. The van der Waals surface area contributed by atoms with Crippen molar-refractivity contribution in [1.29, 1.82) is 0 Å². The van der Waals surface area contributed by atoms with Crippen molar-refractivity contribution in [2.45, 2.75) is 83.0 Å². The van der Waals surface area contributed by atoms with Crippen LogP contribution in [0.15, 0.2) is 4.52 Å². The van der Waals surface area contributed by atoms with Gasteiger partial charge in [0.05, 0.1) is 5.56 Å². The van der Waals surface area contributed by atoms with Crippen LogP contribution in [0.4, 0.5) is 9.80 Å². The number of nitrogens with one attached hydrogen (secondary N) is 1. The molecule has 5 rings (SSSR count). The van der Waals surface area contributed by atoms with Gasteiger partial charge in [0.25, 0.3) is 5.89 Å². The summed E-state index contributed by atoms with van der Waals surface area (Å²) in [6, 6.07) is 0. The number of aryl methyl sites for hydroxylation is 1. The Bertz CT molecular complexity index is 924. The van der Waals surface area contributed by atoms with Gasteiger partial charge in [-0.3, -0.25) is 4.79 Å². The standard InChI is InChI=1S/C21H27N3O2S.CH2O3/c25-19(14-7-3-1-4-8-14)23-21-17(15-9-5-2-6-10-16(15)27-21)20-22-18(24-26-20)13-11-12-13;2-1(3)4/h13-14H,1-12H2,(H,23,25);(H2,2,3,4). The zero-order valence-electron chi connectivity index (χ0n) is 17.6. The quantitative estimate of drug-likeness (QED) is 0.514. The molecule has 3 N–H and O–H groups in total. The Balaban J connectivity index is 0.000000535. The Morgan fingerprint density at radius 2 is 1.65 bits per heavy atom. The lowest BCUT2D eigenvalue weighted by Crippen LogP contribution is -2.24. The van der Waals surface area contributed by atoms with Crippen molar-refractivity contribution < 1.29 is 24.3 Å². The molecule has 0 radical (unpaired) electrons.